The van der Waals surface area contributed by atoms with Crippen LogP contribution in [0.5, 0.6) is 0 Å². The van der Waals surface area contributed by atoms with Crippen molar-refractivity contribution in [1.29, 1.82) is 0 Å². The fourth-order valence-electron chi connectivity index (χ4n) is 1.53. The summed E-state index contributed by atoms with van der Waals surface area (Å²) in [6.07, 6.45) is 1.56. The van der Waals surface area contributed by atoms with E-state index < -0.39 is 0 Å². The first kappa shape index (κ1) is 9.21. The van der Waals surface area contributed by atoms with Crippen LogP contribution in [0.3, 0.4) is 0 Å². The molecule has 0 saturated carbocycles. The number of carbonyl (C=O) groups is 1. The van der Waals surface area contributed by atoms with Crippen LogP contribution in [0, 0.1) is 0 Å². The number of nitrogens with one attached hydrogen (secondary N) is 1. The molecule has 3 nitrogen and oxygen atoms in total. The summed E-state index contributed by atoms with van der Waals surface area (Å²) in [6, 6.07) is 9.44. The molecule has 1 amide bonds. The maximum atomic E-state index is 11.6. The minimum Gasteiger partial charge on any atom is -0.368 e. The summed E-state index contributed by atoms with van der Waals surface area (Å²) in [6.45, 7) is 0.701. The maximum Gasteiger partial charge on any atom is 0.253 e. The summed E-state index contributed by atoms with van der Waals surface area (Å²) >= 11 is 0. The third kappa shape index (κ3) is 2.12. The molecule has 1 heterocycles. The van der Waals surface area contributed by atoms with Crippen LogP contribution in [0.1, 0.15) is 12.8 Å². The first-order valence-electron chi connectivity index (χ1n) is 4.84. The third-order valence-corrected chi connectivity index (χ3v) is 2.26. The van der Waals surface area contributed by atoms with Gasteiger partial charge in [0.2, 0.25) is 0 Å². The van der Waals surface area contributed by atoms with Gasteiger partial charge in [-0.15, -0.1) is 0 Å². The van der Waals surface area contributed by atoms with Gasteiger partial charge in [0.25, 0.3) is 5.91 Å². The molecule has 3 heteroatoms. The first-order chi connectivity index (χ1) is 6.86. The summed E-state index contributed by atoms with van der Waals surface area (Å²) in [5.74, 6) is -0.0336. The summed E-state index contributed by atoms with van der Waals surface area (Å²) in [5, 5.41) is 2.82. The average molecular weight is 191 g/mol. The van der Waals surface area contributed by atoms with E-state index in [0.717, 1.165) is 18.5 Å². The summed E-state index contributed by atoms with van der Waals surface area (Å²) in [7, 11) is 0. The van der Waals surface area contributed by atoms with Crippen molar-refractivity contribution in [2.45, 2.75) is 18.9 Å². The lowest BCUT2D eigenvalue weighted by Gasteiger charge is -2.09. The molecule has 1 aliphatic heterocycles. The lowest BCUT2D eigenvalue weighted by atomic mass is 10.2. The van der Waals surface area contributed by atoms with Crippen LogP contribution in [0.4, 0.5) is 5.69 Å². The Hall–Kier alpha value is -1.35. The summed E-state index contributed by atoms with van der Waals surface area (Å²) in [5.41, 5.74) is 0.827. The highest BCUT2D eigenvalue weighted by Crippen LogP contribution is 2.14. The highest BCUT2D eigenvalue weighted by atomic mass is 16.5. The molecule has 74 valence electrons. The predicted molar refractivity (Wildman–Crippen MR) is 54.0 cm³/mol. The van der Waals surface area contributed by atoms with E-state index in [4.69, 9.17) is 4.74 Å². The second kappa shape index (κ2) is 4.24. The van der Waals surface area contributed by atoms with E-state index >= 15 is 0 Å². The molecule has 0 bridgehead atoms. The van der Waals surface area contributed by atoms with Gasteiger partial charge in [0.15, 0.2) is 0 Å². The van der Waals surface area contributed by atoms with Gasteiger partial charge in [0.05, 0.1) is 0 Å². The normalized spacial score (nSPS) is 20.7. The van der Waals surface area contributed by atoms with Crippen molar-refractivity contribution < 1.29 is 9.53 Å². The van der Waals surface area contributed by atoms with E-state index in [0.29, 0.717) is 6.61 Å². The second-order valence-corrected chi connectivity index (χ2v) is 3.36. The number of hydrogen-bond donors (Lipinski definition) is 1. The van der Waals surface area contributed by atoms with Crippen molar-refractivity contribution in [1.82, 2.24) is 0 Å². The topological polar surface area (TPSA) is 38.3 Å². The molecular formula is C11H13NO2. The van der Waals surface area contributed by atoms with Gasteiger partial charge in [0, 0.05) is 12.3 Å². The number of para-hydroxylation sites is 1. The highest BCUT2D eigenvalue weighted by molar-refractivity contribution is 5.94. The number of ether oxygens (including phenoxy) is 1. The largest absolute Gasteiger partial charge is 0.368 e. The molecule has 0 radical (unpaired) electrons. The molecule has 1 aliphatic rings. The fraction of sp³-hybridized carbons (Fsp3) is 0.364. The Labute approximate surface area is 83.1 Å². The summed E-state index contributed by atoms with van der Waals surface area (Å²) in [4.78, 5) is 11.6. The Kier molecular flexibility index (Phi) is 2.79. The molecule has 1 saturated heterocycles. The molecule has 1 aromatic carbocycles. The van der Waals surface area contributed by atoms with Crippen LogP contribution in [0.25, 0.3) is 0 Å². The van der Waals surface area contributed by atoms with E-state index in [9.17, 15) is 4.79 Å². The minimum absolute atomic E-state index is 0.0336. The van der Waals surface area contributed by atoms with Crippen LogP contribution < -0.4 is 5.32 Å². The Morgan fingerprint density at radius 1 is 1.36 bits per heavy atom. The van der Waals surface area contributed by atoms with Gasteiger partial charge >= 0.3 is 0 Å². The van der Waals surface area contributed by atoms with Crippen molar-refractivity contribution in [2.75, 3.05) is 11.9 Å². The molecule has 0 spiro atoms. The molecule has 1 aromatic rings. The fourth-order valence-corrected chi connectivity index (χ4v) is 1.53. The molecule has 2 rings (SSSR count). The number of rotatable bonds is 2. The Bertz CT molecular complexity index is 304. The lowest BCUT2D eigenvalue weighted by molar-refractivity contribution is -0.124. The van der Waals surface area contributed by atoms with E-state index in [1.807, 2.05) is 30.3 Å². The van der Waals surface area contributed by atoms with Crippen molar-refractivity contribution in [3.05, 3.63) is 30.3 Å². The number of benzene rings is 1. The van der Waals surface area contributed by atoms with Crippen molar-refractivity contribution in [3.8, 4) is 0 Å². The second-order valence-electron chi connectivity index (χ2n) is 3.36. The Morgan fingerprint density at radius 3 is 2.79 bits per heavy atom. The molecule has 1 fully saturated rings. The Morgan fingerprint density at radius 2 is 2.14 bits per heavy atom. The van der Waals surface area contributed by atoms with Gasteiger partial charge in [-0.2, -0.15) is 0 Å². The van der Waals surface area contributed by atoms with Gasteiger partial charge < -0.3 is 10.1 Å². The van der Waals surface area contributed by atoms with E-state index in [1.54, 1.807) is 0 Å². The van der Waals surface area contributed by atoms with Crippen LogP contribution in [-0.4, -0.2) is 18.6 Å². The molecule has 14 heavy (non-hydrogen) atoms. The number of anilines is 1. The quantitative estimate of drug-likeness (QED) is 0.774. The van der Waals surface area contributed by atoms with Gasteiger partial charge in [-0.25, -0.2) is 0 Å². The highest BCUT2D eigenvalue weighted by Gasteiger charge is 2.23. The van der Waals surface area contributed by atoms with Crippen LogP contribution in [0.2, 0.25) is 0 Å². The SMILES string of the molecule is O=C(Nc1ccccc1)C1CCCO1. The molecule has 1 atom stereocenters. The first-order valence-corrected chi connectivity index (χ1v) is 4.84. The Balaban J connectivity index is 1.94. The standard InChI is InChI=1S/C11H13NO2/c13-11(10-7-4-8-14-10)12-9-5-2-1-3-6-9/h1-3,5-6,10H,4,7-8H2,(H,12,13). The van der Waals surface area contributed by atoms with Crippen molar-refractivity contribution in [2.24, 2.45) is 0 Å². The minimum atomic E-state index is -0.254. The average Bonchev–Trinajstić information content (AvgIpc) is 2.72. The van der Waals surface area contributed by atoms with E-state index in [1.165, 1.54) is 0 Å². The smallest absolute Gasteiger partial charge is 0.253 e. The lowest BCUT2D eigenvalue weighted by Crippen LogP contribution is -2.26. The van der Waals surface area contributed by atoms with E-state index in [2.05, 4.69) is 5.32 Å². The third-order valence-electron chi connectivity index (χ3n) is 2.26. The monoisotopic (exact) mass is 191 g/mol. The number of hydrogen-bond acceptors (Lipinski definition) is 2. The molecule has 1 N–H and O–H groups in total. The van der Waals surface area contributed by atoms with Crippen molar-refractivity contribution >= 4 is 11.6 Å². The molecule has 0 aliphatic carbocycles. The van der Waals surface area contributed by atoms with Crippen molar-refractivity contribution in [3.63, 3.8) is 0 Å². The van der Waals surface area contributed by atoms with Gasteiger partial charge in [-0.05, 0) is 25.0 Å². The summed E-state index contributed by atoms with van der Waals surface area (Å²) < 4.78 is 5.27. The van der Waals surface area contributed by atoms with Crippen LogP contribution >= 0.6 is 0 Å². The van der Waals surface area contributed by atoms with E-state index in [-0.39, 0.29) is 12.0 Å². The molecular weight excluding hydrogens is 178 g/mol. The zero-order valence-electron chi connectivity index (χ0n) is 7.90. The van der Waals surface area contributed by atoms with Gasteiger partial charge in [-0.1, -0.05) is 18.2 Å². The molecule has 0 aromatic heterocycles. The van der Waals surface area contributed by atoms with Crippen LogP contribution in [0.15, 0.2) is 30.3 Å². The number of amides is 1. The zero-order chi connectivity index (χ0) is 9.80. The van der Waals surface area contributed by atoms with Gasteiger partial charge in [0.1, 0.15) is 6.10 Å². The molecule has 1 unspecified atom stereocenters. The maximum absolute atomic E-state index is 11.6. The number of carbonyl (C=O) groups excluding carboxylic acids is 1. The predicted octanol–water partition coefficient (Wildman–Crippen LogP) is 1.80. The zero-order valence-corrected chi connectivity index (χ0v) is 7.90. The van der Waals surface area contributed by atoms with Gasteiger partial charge in [-0.3, -0.25) is 4.79 Å². The van der Waals surface area contributed by atoms with Crippen LogP contribution in [-0.2, 0) is 9.53 Å².